The van der Waals surface area contributed by atoms with Gasteiger partial charge in [0.05, 0.1) is 37.7 Å². The van der Waals surface area contributed by atoms with E-state index in [4.69, 9.17) is 14.6 Å². The minimum absolute atomic E-state index is 0.0274. The standard InChI is InChI=1S/C29H38N4O3/c1-35-26-15-14-22(20-27(26)36-19-9-8-17-32-18-16-30-21-32)28-24-12-6-7-13-25(24)29(34)33(31-28)23-10-4-2-3-5-11-23/h6-7,14-16,18,20-21,23-25H,2-5,8-13,17,19H2,1H3/t24-,25+/m0/s1. The van der Waals surface area contributed by atoms with E-state index in [1.807, 2.05) is 23.6 Å². The first-order valence-electron chi connectivity index (χ1n) is 13.6. The summed E-state index contributed by atoms with van der Waals surface area (Å²) in [4.78, 5) is 17.6. The van der Waals surface area contributed by atoms with Crippen molar-refractivity contribution in [2.24, 2.45) is 16.9 Å². The molecule has 0 unspecified atom stereocenters. The van der Waals surface area contributed by atoms with Crippen LogP contribution in [-0.2, 0) is 11.3 Å². The summed E-state index contributed by atoms with van der Waals surface area (Å²) in [5, 5.41) is 6.94. The minimum Gasteiger partial charge on any atom is -0.493 e. The molecule has 5 rings (SSSR count). The predicted molar refractivity (Wildman–Crippen MR) is 140 cm³/mol. The summed E-state index contributed by atoms with van der Waals surface area (Å²) < 4.78 is 13.9. The second-order valence-electron chi connectivity index (χ2n) is 10.2. The number of benzene rings is 1. The van der Waals surface area contributed by atoms with Gasteiger partial charge in [0, 0.05) is 30.4 Å². The Hall–Kier alpha value is -3.09. The number of allylic oxidation sites excluding steroid dienone is 2. The van der Waals surface area contributed by atoms with E-state index in [1.54, 1.807) is 13.3 Å². The highest BCUT2D eigenvalue weighted by molar-refractivity contribution is 6.07. The number of aryl methyl sites for hydroxylation is 1. The van der Waals surface area contributed by atoms with Crippen molar-refractivity contribution in [3.63, 3.8) is 0 Å². The number of rotatable bonds is 9. The van der Waals surface area contributed by atoms with Gasteiger partial charge in [-0.2, -0.15) is 5.10 Å². The Balaban J connectivity index is 1.35. The molecular weight excluding hydrogens is 452 g/mol. The van der Waals surface area contributed by atoms with Crippen molar-refractivity contribution < 1.29 is 14.3 Å². The summed E-state index contributed by atoms with van der Waals surface area (Å²) >= 11 is 0. The molecule has 0 radical (unpaired) electrons. The van der Waals surface area contributed by atoms with E-state index in [9.17, 15) is 4.79 Å². The number of carbonyl (C=O) groups excluding carboxylic acids is 1. The average molecular weight is 491 g/mol. The van der Waals surface area contributed by atoms with Crippen LogP contribution in [0.1, 0.15) is 69.8 Å². The second-order valence-corrected chi connectivity index (χ2v) is 10.2. The number of aromatic nitrogens is 2. The number of nitrogens with zero attached hydrogens (tertiary/aromatic N) is 4. The lowest BCUT2D eigenvalue weighted by atomic mass is 9.76. The zero-order valence-corrected chi connectivity index (χ0v) is 21.3. The lowest BCUT2D eigenvalue weighted by molar-refractivity contribution is -0.140. The van der Waals surface area contributed by atoms with Crippen molar-refractivity contribution in [3.8, 4) is 11.5 Å². The highest BCUT2D eigenvalue weighted by atomic mass is 16.5. The Bertz CT molecular complexity index is 1070. The number of hydrogen-bond acceptors (Lipinski definition) is 5. The monoisotopic (exact) mass is 490 g/mol. The maximum atomic E-state index is 13.5. The first kappa shape index (κ1) is 24.6. The molecule has 1 aromatic heterocycles. The molecule has 7 nitrogen and oxygen atoms in total. The molecule has 1 fully saturated rings. The van der Waals surface area contributed by atoms with E-state index in [2.05, 4.69) is 33.8 Å². The molecule has 2 atom stereocenters. The van der Waals surface area contributed by atoms with Gasteiger partial charge in [0.25, 0.3) is 0 Å². The van der Waals surface area contributed by atoms with E-state index in [1.165, 1.54) is 25.7 Å². The van der Waals surface area contributed by atoms with Gasteiger partial charge < -0.3 is 14.0 Å². The fourth-order valence-corrected chi connectivity index (χ4v) is 5.78. The number of hydrazone groups is 1. The molecule has 2 aromatic rings. The maximum Gasteiger partial charge on any atom is 0.247 e. The van der Waals surface area contributed by atoms with Crippen molar-refractivity contribution in [2.45, 2.75) is 76.8 Å². The Kier molecular flexibility index (Phi) is 8.04. The highest BCUT2D eigenvalue weighted by Gasteiger charge is 2.42. The SMILES string of the molecule is COc1ccc(C2=NN(C3CCCCCC3)C(=O)[C@@H]3CC=CC[C@H]23)cc1OCCCCn1ccnc1. The maximum absolute atomic E-state index is 13.5. The number of carbonyl (C=O) groups is 1. The Morgan fingerprint density at radius 3 is 2.56 bits per heavy atom. The summed E-state index contributed by atoms with van der Waals surface area (Å²) in [5.41, 5.74) is 2.04. The summed E-state index contributed by atoms with van der Waals surface area (Å²) in [7, 11) is 1.67. The third-order valence-corrected chi connectivity index (χ3v) is 7.80. The smallest absolute Gasteiger partial charge is 0.247 e. The molecule has 2 heterocycles. The molecule has 0 saturated heterocycles. The molecule has 1 amide bonds. The van der Waals surface area contributed by atoms with Gasteiger partial charge in [-0.1, -0.05) is 37.8 Å². The van der Waals surface area contributed by atoms with Crippen molar-refractivity contribution >= 4 is 11.6 Å². The van der Waals surface area contributed by atoms with Crippen LogP contribution in [-0.4, -0.2) is 45.9 Å². The largest absolute Gasteiger partial charge is 0.493 e. The van der Waals surface area contributed by atoms with Crippen LogP contribution in [0.3, 0.4) is 0 Å². The Labute approximate surface area is 214 Å². The van der Waals surface area contributed by atoms with E-state index in [-0.39, 0.29) is 23.8 Å². The molecule has 0 spiro atoms. The van der Waals surface area contributed by atoms with E-state index in [0.717, 1.165) is 67.8 Å². The number of unbranched alkanes of at least 4 members (excludes halogenated alkanes) is 1. The third kappa shape index (κ3) is 5.50. The number of fused-ring (bicyclic) bond motifs is 1. The molecule has 192 valence electrons. The average Bonchev–Trinajstić information content (AvgIpc) is 3.29. The van der Waals surface area contributed by atoms with Gasteiger partial charge in [0.1, 0.15) is 0 Å². The first-order chi connectivity index (χ1) is 17.7. The van der Waals surface area contributed by atoms with Crippen LogP contribution in [0.4, 0.5) is 0 Å². The molecule has 7 heteroatoms. The van der Waals surface area contributed by atoms with Crippen LogP contribution in [0, 0.1) is 11.8 Å². The van der Waals surface area contributed by atoms with Crippen LogP contribution < -0.4 is 9.47 Å². The normalized spacial score (nSPS) is 22.6. The van der Waals surface area contributed by atoms with Crippen LogP contribution in [0.2, 0.25) is 0 Å². The first-order valence-corrected chi connectivity index (χ1v) is 13.6. The van der Waals surface area contributed by atoms with Gasteiger partial charge in [0.15, 0.2) is 11.5 Å². The molecule has 36 heavy (non-hydrogen) atoms. The molecule has 2 aliphatic carbocycles. The van der Waals surface area contributed by atoms with Crippen molar-refractivity contribution in [2.75, 3.05) is 13.7 Å². The topological polar surface area (TPSA) is 68.9 Å². The third-order valence-electron chi connectivity index (χ3n) is 7.80. The number of imidazole rings is 1. The number of ether oxygens (including phenoxy) is 2. The number of methoxy groups -OCH3 is 1. The lowest BCUT2D eigenvalue weighted by Crippen LogP contribution is -2.49. The van der Waals surface area contributed by atoms with E-state index < -0.39 is 0 Å². The fourth-order valence-electron chi connectivity index (χ4n) is 5.78. The summed E-state index contributed by atoms with van der Waals surface area (Å²) in [6.07, 6.45) is 20.5. The van der Waals surface area contributed by atoms with Gasteiger partial charge in [-0.3, -0.25) is 4.79 Å². The summed E-state index contributed by atoms with van der Waals surface area (Å²) in [6, 6.07) is 6.31. The van der Waals surface area contributed by atoms with Crippen molar-refractivity contribution in [1.29, 1.82) is 0 Å². The molecule has 1 saturated carbocycles. The fraction of sp³-hybridized carbons (Fsp3) is 0.552. The quantitative estimate of drug-likeness (QED) is 0.261. The summed E-state index contributed by atoms with van der Waals surface area (Å²) in [6.45, 7) is 1.54. The Morgan fingerprint density at radius 1 is 1.00 bits per heavy atom. The number of amides is 1. The zero-order valence-electron chi connectivity index (χ0n) is 21.3. The molecule has 3 aliphatic rings. The molecule has 1 aliphatic heterocycles. The predicted octanol–water partition coefficient (Wildman–Crippen LogP) is 5.60. The van der Waals surface area contributed by atoms with Gasteiger partial charge >= 0.3 is 0 Å². The van der Waals surface area contributed by atoms with Crippen molar-refractivity contribution in [3.05, 3.63) is 54.6 Å². The lowest BCUT2D eigenvalue weighted by Gasteiger charge is -2.40. The summed E-state index contributed by atoms with van der Waals surface area (Å²) in [5.74, 6) is 1.76. The van der Waals surface area contributed by atoms with Crippen LogP contribution in [0.25, 0.3) is 0 Å². The van der Waals surface area contributed by atoms with Crippen LogP contribution >= 0.6 is 0 Å². The molecule has 0 bridgehead atoms. The minimum atomic E-state index is -0.0274. The molecule has 1 aromatic carbocycles. The highest BCUT2D eigenvalue weighted by Crippen LogP contribution is 2.38. The van der Waals surface area contributed by atoms with Gasteiger partial charge in [-0.05, 0) is 56.7 Å². The van der Waals surface area contributed by atoms with Gasteiger partial charge in [0.2, 0.25) is 5.91 Å². The van der Waals surface area contributed by atoms with Gasteiger partial charge in [-0.25, -0.2) is 9.99 Å². The Morgan fingerprint density at radius 2 is 1.81 bits per heavy atom. The molecular formula is C29H38N4O3. The van der Waals surface area contributed by atoms with Crippen LogP contribution in [0.5, 0.6) is 11.5 Å². The van der Waals surface area contributed by atoms with Crippen molar-refractivity contribution in [1.82, 2.24) is 14.6 Å². The zero-order chi connectivity index (χ0) is 24.7. The van der Waals surface area contributed by atoms with Gasteiger partial charge in [-0.15, -0.1) is 0 Å². The van der Waals surface area contributed by atoms with E-state index in [0.29, 0.717) is 6.61 Å². The number of hydrogen-bond donors (Lipinski definition) is 0. The van der Waals surface area contributed by atoms with Crippen LogP contribution in [0.15, 0.2) is 54.2 Å². The molecule has 0 N–H and O–H groups in total. The second kappa shape index (κ2) is 11.8. The van der Waals surface area contributed by atoms with E-state index >= 15 is 0 Å².